The lowest BCUT2D eigenvalue weighted by atomic mass is 10.1. The number of non-ortho nitro benzene ring substituents is 1. The highest BCUT2D eigenvalue weighted by Gasteiger charge is 2.09. The van der Waals surface area contributed by atoms with Gasteiger partial charge in [-0.25, -0.2) is 0 Å². The van der Waals surface area contributed by atoms with Crippen LogP contribution in [0.4, 0.5) is 5.69 Å². The second kappa shape index (κ2) is 7.75. The molecule has 0 spiro atoms. The average Bonchev–Trinajstić information content (AvgIpc) is 2.38. The number of hydrogen-bond acceptors (Lipinski definition) is 5. The second-order valence-corrected chi connectivity index (χ2v) is 4.00. The van der Waals surface area contributed by atoms with E-state index >= 15 is 0 Å². The average molecular weight is 254 g/mol. The number of unbranched alkanes of at least 4 members (excludes halogenated alkanes) is 1. The molecule has 1 atom stereocenters. The predicted octanol–water partition coefficient (Wildman–Crippen LogP) is 0.990. The Bertz CT molecular complexity index is 367. The molecule has 0 aromatic heterocycles. The number of nitro groups is 1. The van der Waals surface area contributed by atoms with Crippen molar-refractivity contribution in [1.29, 1.82) is 0 Å². The number of aliphatic hydroxyl groups excluding tert-OH is 2. The van der Waals surface area contributed by atoms with Gasteiger partial charge in [0.1, 0.15) is 0 Å². The predicted molar refractivity (Wildman–Crippen MR) is 67.2 cm³/mol. The molecule has 0 amide bonds. The van der Waals surface area contributed by atoms with Gasteiger partial charge in [0.15, 0.2) is 0 Å². The molecule has 0 radical (unpaired) electrons. The molecule has 0 aliphatic carbocycles. The summed E-state index contributed by atoms with van der Waals surface area (Å²) in [6.07, 6.45) is 0.907. The highest BCUT2D eigenvalue weighted by atomic mass is 16.6. The number of nitro benzene ring substituents is 1. The first-order valence-corrected chi connectivity index (χ1v) is 5.89. The van der Waals surface area contributed by atoms with Crippen molar-refractivity contribution in [3.63, 3.8) is 0 Å². The van der Waals surface area contributed by atoms with Gasteiger partial charge in [-0.15, -0.1) is 0 Å². The van der Waals surface area contributed by atoms with Gasteiger partial charge in [0.2, 0.25) is 0 Å². The maximum absolute atomic E-state index is 10.5. The van der Waals surface area contributed by atoms with Gasteiger partial charge >= 0.3 is 0 Å². The summed E-state index contributed by atoms with van der Waals surface area (Å²) < 4.78 is 0. The van der Waals surface area contributed by atoms with Crippen molar-refractivity contribution in [3.8, 4) is 0 Å². The van der Waals surface area contributed by atoms with E-state index in [1.807, 2.05) is 0 Å². The lowest BCUT2D eigenvalue weighted by molar-refractivity contribution is -0.384. The van der Waals surface area contributed by atoms with Crippen molar-refractivity contribution in [1.82, 2.24) is 5.32 Å². The number of nitrogens with zero attached hydrogens (tertiary/aromatic N) is 1. The van der Waals surface area contributed by atoms with E-state index in [1.54, 1.807) is 12.1 Å². The van der Waals surface area contributed by atoms with Gasteiger partial charge in [0, 0.05) is 25.3 Å². The van der Waals surface area contributed by atoms with Crippen LogP contribution in [-0.2, 0) is 0 Å². The first-order chi connectivity index (χ1) is 8.65. The Kier molecular flexibility index (Phi) is 6.27. The van der Waals surface area contributed by atoms with Gasteiger partial charge in [-0.05, 0) is 37.1 Å². The summed E-state index contributed by atoms with van der Waals surface area (Å²) in [5, 5.41) is 31.9. The van der Waals surface area contributed by atoms with Gasteiger partial charge in [-0.3, -0.25) is 10.1 Å². The molecular weight excluding hydrogens is 236 g/mol. The maximum Gasteiger partial charge on any atom is 0.269 e. The Morgan fingerprint density at radius 2 is 1.94 bits per heavy atom. The van der Waals surface area contributed by atoms with Crippen LogP contribution < -0.4 is 5.32 Å². The van der Waals surface area contributed by atoms with Crippen molar-refractivity contribution < 1.29 is 15.1 Å². The minimum Gasteiger partial charge on any atom is -0.396 e. The highest BCUT2D eigenvalue weighted by Crippen LogP contribution is 2.17. The molecule has 0 bridgehead atoms. The minimum atomic E-state index is -0.681. The van der Waals surface area contributed by atoms with E-state index in [-0.39, 0.29) is 12.3 Å². The summed E-state index contributed by atoms with van der Waals surface area (Å²) in [5.74, 6) is 0. The van der Waals surface area contributed by atoms with E-state index in [2.05, 4.69) is 5.32 Å². The molecule has 0 saturated carbocycles. The van der Waals surface area contributed by atoms with Crippen molar-refractivity contribution in [2.24, 2.45) is 0 Å². The number of nitrogens with one attached hydrogen (secondary N) is 1. The van der Waals surface area contributed by atoms with Crippen LogP contribution in [0.25, 0.3) is 0 Å². The number of benzene rings is 1. The van der Waals surface area contributed by atoms with Crippen molar-refractivity contribution in [3.05, 3.63) is 39.9 Å². The fourth-order valence-corrected chi connectivity index (χ4v) is 1.54. The van der Waals surface area contributed by atoms with Crippen LogP contribution in [0.3, 0.4) is 0 Å². The monoisotopic (exact) mass is 254 g/mol. The van der Waals surface area contributed by atoms with Crippen LogP contribution in [0.15, 0.2) is 24.3 Å². The van der Waals surface area contributed by atoms with Crippen molar-refractivity contribution >= 4 is 5.69 Å². The number of hydrogen-bond donors (Lipinski definition) is 3. The molecule has 6 nitrogen and oxygen atoms in total. The van der Waals surface area contributed by atoms with Gasteiger partial charge < -0.3 is 15.5 Å². The number of rotatable bonds is 8. The molecule has 1 rings (SSSR count). The summed E-state index contributed by atoms with van der Waals surface area (Å²) in [6.45, 7) is 1.29. The molecule has 100 valence electrons. The van der Waals surface area contributed by atoms with E-state index in [0.717, 1.165) is 19.4 Å². The van der Waals surface area contributed by atoms with Crippen LogP contribution in [0.1, 0.15) is 24.5 Å². The Morgan fingerprint density at radius 1 is 1.28 bits per heavy atom. The molecule has 0 aliphatic rings. The Balaban J connectivity index is 2.37. The third-order valence-electron chi connectivity index (χ3n) is 2.59. The summed E-state index contributed by atoms with van der Waals surface area (Å²) in [5.41, 5.74) is 0.664. The van der Waals surface area contributed by atoms with E-state index in [0.29, 0.717) is 12.1 Å². The molecule has 0 aliphatic heterocycles. The zero-order chi connectivity index (χ0) is 13.4. The molecule has 3 N–H and O–H groups in total. The lowest BCUT2D eigenvalue weighted by Gasteiger charge is -2.11. The van der Waals surface area contributed by atoms with Gasteiger partial charge in [0.05, 0.1) is 11.0 Å². The standard InChI is InChI=1S/C12H18N2O4/c15-8-2-1-7-13-9-12(16)10-3-5-11(6-4-10)14(17)18/h3-6,12-13,15-16H,1-2,7-9H2. The molecule has 1 aromatic carbocycles. The van der Waals surface area contributed by atoms with E-state index < -0.39 is 11.0 Å². The van der Waals surface area contributed by atoms with Gasteiger partial charge in [-0.2, -0.15) is 0 Å². The SMILES string of the molecule is O=[N+]([O-])c1ccc(C(O)CNCCCCO)cc1. The first-order valence-electron chi connectivity index (χ1n) is 5.89. The molecule has 0 fully saturated rings. The molecule has 0 heterocycles. The van der Waals surface area contributed by atoms with Gasteiger partial charge in [-0.1, -0.05) is 0 Å². The third-order valence-corrected chi connectivity index (χ3v) is 2.59. The van der Waals surface area contributed by atoms with Crippen molar-refractivity contribution in [2.45, 2.75) is 18.9 Å². The maximum atomic E-state index is 10.5. The van der Waals surface area contributed by atoms with Crippen LogP contribution in [0, 0.1) is 10.1 Å². The van der Waals surface area contributed by atoms with Gasteiger partial charge in [0.25, 0.3) is 5.69 Å². The van der Waals surface area contributed by atoms with Crippen LogP contribution in [0.5, 0.6) is 0 Å². The van der Waals surface area contributed by atoms with E-state index in [1.165, 1.54) is 12.1 Å². The lowest BCUT2D eigenvalue weighted by Crippen LogP contribution is -2.22. The van der Waals surface area contributed by atoms with E-state index in [9.17, 15) is 15.2 Å². The summed E-state index contributed by atoms with van der Waals surface area (Å²) in [7, 11) is 0. The fraction of sp³-hybridized carbons (Fsp3) is 0.500. The molecule has 0 saturated heterocycles. The number of aliphatic hydroxyl groups is 2. The summed E-state index contributed by atoms with van der Waals surface area (Å²) >= 11 is 0. The molecule has 1 unspecified atom stereocenters. The topological polar surface area (TPSA) is 95.6 Å². The summed E-state index contributed by atoms with van der Waals surface area (Å²) in [4.78, 5) is 10.00. The van der Waals surface area contributed by atoms with Crippen molar-refractivity contribution in [2.75, 3.05) is 19.7 Å². The molecule has 18 heavy (non-hydrogen) atoms. The Morgan fingerprint density at radius 3 is 2.50 bits per heavy atom. The van der Waals surface area contributed by atoms with Crippen LogP contribution in [-0.4, -0.2) is 34.8 Å². The smallest absolute Gasteiger partial charge is 0.269 e. The third kappa shape index (κ3) is 4.79. The quantitative estimate of drug-likeness (QED) is 0.365. The normalized spacial score (nSPS) is 12.3. The highest BCUT2D eigenvalue weighted by molar-refractivity contribution is 5.33. The zero-order valence-electron chi connectivity index (χ0n) is 10.1. The fourth-order valence-electron chi connectivity index (χ4n) is 1.54. The largest absolute Gasteiger partial charge is 0.396 e. The van der Waals surface area contributed by atoms with E-state index in [4.69, 9.17) is 5.11 Å². The van der Waals surface area contributed by atoms with Crippen LogP contribution >= 0.6 is 0 Å². The zero-order valence-corrected chi connectivity index (χ0v) is 10.1. The Hall–Kier alpha value is -1.50. The minimum absolute atomic E-state index is 0.0156. The van der Waals surface area contributed by atoms with Crippen LogP contribution in [0.2, 0.25) is 0 Å². The Labute approximate surface area is 105 Å². The molecule has 1 aromatic rings. The first kappa shape index (κ1) is 14.6. The second-order valence-electron chi connectivity index (χ2n) is 4.00. The molecule has 6 heteroatoms. The summed E-state index contributed by atoms with van der Waals surface area (Å²) in [6, 6.07) is 5.87. The molecular formula is C12H18N2O4.